The van der Waals surface area contributed by atoms with Crippen LogP contribution in [-0.4, -0.2) is 26.9 Å². The molecule has 1 aliphatic carbocycles. The summed E-state index contributed by atoms with van der Waals surface area (Å²) >= 11 is 5.83. The van der Waals surface area contributed by atoms with Crippen molar-refractivity contribution in [2.45, 2.75) is 31.5 Å². The summed E-state index contributed by atoms with van der Waals surface area (Å²) in [4.78, 5) is 24.8. The number of halogens is 1. The third kappa shape index (κ3) is 4.60. The van der Waals surface area contributed by atoms with Crippen molar-refractivity contribution in [1.29, 1.82) is 0 Å². The van der Waals surface area contributed by atoms with E-state index in [9.17, 15) is 9.59 Å². The van der Waals surface area contributed by atoms with Crippen LogP contribution in [0.3, 0.4) is 0 Å². The van der Waals surface area contributed by atoms with Gasteiger partial charge in [0.2, 0.25) is 5.91 Å². The minimum absolute atomic E-state index is 0.0729. The standard InChI is InChI=1S/C21H21ClN6O2/c22-16-6-8-17(9-7-16)25-20(30)24-13-18-14-28(27-26-18)21(10-11-21)19(29)23-12-15-4-2-1-3-5-15/h1-9,14H,10-13H2,(H,23,29)(H2,24,25,30). The minimum atomic E-state index is -0.689. The van der Waals surface area contributed by atoms with Crippen molar-refractivity contribution in [3.63, 3.8) is 0 Å². The van der Waals surface area contributed by atoms with Crippen LogP contribution in [0, 0.1) is 0 Å². The van der Waals surface area contributed by atoms with E-state index in [0.29, 0.717) is 35.8 Å². The highest BCUT2D eigenvalue weighted by molar-refractivity contribution is 6.30. The van der Waals surface area contributed by atoms with Crippen molar-refractivity contribution in [2.75, 3.05) is 5.32 Å². The van der Waals surface area contributed by atoms with Gasteiger partial charge >= 0.3 is 6.03 Å². The fourth-order valence-electron chi connectivity index (χ4n) is 3.09. The lowest BCUT2D eigenvalue weighted by Crippen LogP contribution is -2.38. The number of rotatable bonds is 7. The van der Waals surface area contributed by atoms with E-state index in [-0.39, 0.29) is 18.5 Å². The number of amides is 3. The molecule has 30 heavy (non-hydrogen) atoms. The Hall–Kier alpha value is -3.39. The molecule has 0 unspecified atom stereocenters. The zero-order chi connectivity index (χ0) is 21.0. The maximum absolute atomic E-state index is 12.7. The van der Waals surface area contributed by atoms with Gasteiger partial charge in [-0.15, -0.1) is 5.10 Å². The summed E-state index contributed by atoms with van der Waals surface area (Å²) in [6, 6.07) is 16.2. The van der Waals surface area contributed by atoms with E-state index in [4.69, 9.17) is 11.6 Å². The number of carbonyl (C=O) groups excluding carboxylic acids is 2. The predicted octanol–water partition coefficient (Wildman–Crippen LogP) is 3.06. The number of hydrogen-bond donors (Lipinski definition) is 3. The molecule has 0 spiro atoms. The summed E-state index contributed by atoms with van der Waals surface area (Å²) in [6.07, 6.45) is 3.12. The summed E-state index contributed by atoms with van der Waals surface area (Å²) in [6.45, 7) is 0.663. The number of benzene rings is 2. The Labute approximate surface area is 178 Å². The minimum Gasteiger partial charge on any atom is -0.350 e. The normalized spacial score (nSPS) is 14.0. The van der Waals surface area contributed by atoms with Gasteiger partial charge in [-0.1, -0.05) is 47.1 Å². The van der Waals surface area contributed by atoms with Crippen LogP contribution in [0.1, 0.15) is 24.1 Å². The number of anilines is 1. The first kappa shape index (κ1) is 19.9. The zero-order valence-electron chi connectivity index (χ0n) is 16.1. The molecule has 0 bridgehead atoms. The molecule has 1 heterocycles. The number of nitrogens with zero attached hydrogens (tertiary/aromatic N) is 3. The Bertz CT molecular complexity index is 1030. The number of hydrogen-bond acceptors (Lipinski definition) is 4. The average Bonchev–Trinajstić information content (AvgIpc) is 3.44. The lowest BCUT2D eigenvalue weighted by Gasteiger charge is -2.15. The summed E-state index contributed by atoms with van der Waals surface area (Å²) in [7, 11) is 0. The first-order valence-electron chi connectivity index (χ1n) is 9.59. The Kier molecular flexibility index (Phi) is 5.67. The summed E-state index contributed by atoms with van der Waals surface area (Å²) in [5, 5.41) is 17.2. The Morgan fingerprint density at radius 3 is 2.43 bits per heavy atom. The predicted molar refractivity (Wildman–Crippen MR) is 113 cm³/mol. The van der Waals surface area contributed by atoms with E-state index in [1.165, 1.54) is 0 Å². The molecule has 2 aromatic carbocycles. The first-order chi connectivity index (χ1) is 14.5. The van der Waals surface area contributed by atoms with Crippen LogP contribution < -0.4 is 16.0 Å². The van der Waals surface area contributed by atoms with Crippen LogP contribution >= 0.6 is 11.6 Å². The second-order valence-electron chi connectivity index (χ2n) is 7.17. The lowest BCUT2D eigenvalue weighted by atomic mass is 10.2. The van der Waals surface area contributed by atoms with E-state index in [1.807, 2.05) is 30.3 Å². The van der Waals surface area contributed by atoms with Crippen molar-refractivity contribution in [1.82, 2.24) is 25.6 Å². The molecule has 3 amide bonds. The highest BCUT2D eigenvalue weighted by Gasteiger charge is 2.52. The van der Waals surface area contributed by atoms with Crippen LogP contribution in [0.5, 0.6) is 0 Å². The second-order valence-corrected chi connectivity index (χ2v) is 7.61. The fraction of sp³-hybridized carbons (Fsp3) is 0.238. The van der Waals surface area contributed by atoms with Crippen molar-refractivity contribution in [3.05, 3.63) is 77.1 Å². The van der Waals surface area contributed by atoms with E-state index in [0.717, 1.165) is 5.56 Å². The molecule has 154 valence electrons. The molecule has 1 aliphatic rings. The van der Waals surface area contributed by atoms with Crippen molar-refractivity contribution in [3.8, 4) is 0 Å². The largest absolute Gasteiger partial charge is 0.350 e. The molecule has 1 aromatic heterocycles. The SMILES string of the molecule is O=C(NCc1cn(C2(C(=O)NCc3ccccc3)CC2)nn1)Nc1ccc(Cl)cc1. The number of nitrogens with one attached hydrogen (secondary N) is 3. The molecule has 3 N–H and O–H groups in total. The first-order valence-corrected chi connectivity index (χ1v) is 9.97. The lowest BCUT2D eigenvalue weighted by molar-refractivity contribution is -0.126. The van der Waals surface area contributed by atoms with E-state index in [1.54, 1.807) is 35.1 Å². The monoisotopic (exact) mass is 424 g/mol. The van der Waals surface area contributed by atoms with Gasteiger partial charge in [0.25, 0.3) is 0 Å². The van der Waals surface area contributed by atoms with Gasteiger partial charge in [0, 0.05) is 17.3 Å². The number of carbonyl (C=O) groups is 2. The molecule has 1 fully saturated rings. The summed E-state index contributed by atoms with van der Waals surface area (Å²) < 4.78 is 1.60. The quantitative estimate of drug-likeness (QED) is 0.542. The van der Waals surface area contributed by atoms with Crippen LogP contribution in [0.25, 0.3) is 0 Å². The molecular formula is C21H21ClN6O2. The molecule has 0 saturated heterocycles. The topological polar surface area (TPSA) is 101 Å². The molecular weight excluding hydrogens is 404 g/mol. The summed E-state index contributed by atoms with van der Waals surface area (Å²) in [5.41, 5.74) is 1.55. The van der Waals surface area contributed by atoms with Gasteiger partial charge in [0.05, 0.1) is 12.7 Å². The highest BCUT2D eigenvalue weighted by atomic mass is 35.5. The third-order valence-electron chi connectivity index (χ3n) is 4.95. The molecule has 0 atom stereocenters. The Morgan fingerprint density at radius 1 is 1.00 bits per heavy atom. The van der Waals surface area contributed by atoms with Crippen LogP contribution in [0.15, 0.2) is 60.8 Å². The molecule has 3 aromatic rings. The second kappa shape index (κ2) is 8.54. The highest BCUT2D eigenvalue weighted by Crippen LogP contribution is 2.43. The molecule has 8 nitrogen and oxygen atoms in total. The summed E-state index contributed by atoms with van der Waals surface area (Å²) in [5.74, 6) is -0.0729. The van der Waals surface area contributed by atoms with Gasteiger partial charge in [-0.2, -0.15) is 0 Å². The van der Waals surface area contributed by atoms with Gasteiger partial charge < -0.3 is 16.0 Å². The molecule has 0 radical (unpaired) electrons. The third-order valence-corrected chi connectivity index (χ3v) is 5.21. The maximum Gasteiger partial charge on any atom is 0.319 e. The van der Waals surface area contributed by atoms with Crippen LogP contribution in [-0.2, 0) is 23.4 Å². The smallest absolute Gasteiger partial charge is 0.319 e. The van der Waals surface area contributed by atoms with Gasteiger partial charge in [0.15, 0.2) is 0 Å². The number of aromatic nitrogens is 3. The molecule has 1 saturated carbocycles. The molecule has 9 heteroatoms. The average molecular weight is 425 g/mol. The van der Waals surface area contributed by atoms with E-state index < -0.39 is 5.54 Å². The fourth-order valence-corrected chi connectivity index (χ4v) is 3.22. The van der Waals surface area contributed by atoms with Crippen LogP contribution in [0.2, 0.25) is 5.02 Å². The van der Waals surface area contributed by atoms with Crippen molar-refractivity contribution < 1.29 is 9.59 Å². The molecule has 4 rings (SSSR count). The van der Waals surface area contributed by atoms with Gasteiger partial charge in [-0.05, 0) is 42.7 Å². The van der Waals surface area contributed by atoms with Gasteiger partial charge in [-0.3, -0.25) is 4.79 Å². The molecule has 0 aliphatic heterocycles. The Balaban J connectivity index is 1.30. The maximum atomic E-state index is 12.7. The zero-order valence-corrected chi connectivity index (χ0v) is 16.9. The van der Waals surface area contributed by atoms with Gasteiger partial charge in [-0.25, -0.2) is 9.48 Å². The van der Waals surface area contributed by atoms with Crippen LogP contribution in [0.4, 0.5) is 10.5 Å². The van der Waals surface area contributed by atoms with Crippen molar-refractivity contribution >= 4 is 29.2 Å². The van der Waals surface area contributed by atoms with E-state index in [2.05, 4.69) is 26.3 Å². The Morgan fingerprint density at radius 2 is 1.73 bits per heavy atom. The van der Waals surface area contributed by atoms with E-state index >= 15 is 0 Å². The number of urea groups is 1. The van der Waals surface area contributed by atoms with Gasteiger partial charge in [0.1, 0.15) is 11.2 Å². The van der Waals surface area contributed by atoms with Crippen molar-refractivity contribution in [2.24, 2.45) is 0 Å².